The third-order valence-electron chi connectivity index (χ3n) is 4.11. The van der Waals surface area contributed by atoms with Gasteiger partial charge in [0.05, 0.1) is 5.56 Å². The van der Waals surface area contributed by atoms with Gasteiger partial charge in [-0.05, 0) is 49.4 Å². The number of benzene rings is 1. The molecular weight excluding hydrogens is 254 g/mol. The van der Waals surface area contributed by atoms with Gasteiger partial charge in [-0.3, -0.25) is 4.79 Å². The van der Waals surface area contributed by atoms with Gasteiger partial charge in [-0.15, -0.1) is 0 Å². The van der Waals surface area contributed by atoms with Crippen LogP contribution in [0.2, 0.25) is 0 Å². The van der Waals surface area contributed by atoms with Crippen molar-refractivity contribution < 1.29 is 14.7 Å². The van der Waals surface area contributed by atoms with Gasteiger partial charge >= 0.3 is 5.97 Å². The molecule has 1 atom stereocenters. The summed E-state index contributed by atoms with van der Waals surface area (Å²) in [6.07, 6.45) is 7.64. The van der Waals surface area contributed by atoms with E-state index in [1.54, 1.807) is 18.2 Å². The van der Waals surface area contributed by atoms with E-state index in [0.29, 0.717) is 12.1 Å². The number of carbonyl (C=O) groups excluding carboxylic acids is 1. The van der Waals surface area contributed by atoms with E-state index in [4.69, 9.17) is 5.11 Å². The highest BCUT2D eigenvalue weighted by molar-refractivity contribution is 5.98. The molecular formula is C16H17NO3. The second kappa shape index (κ2) is 5.12. The molecule has 1 heterocycles. The third-order valence-corrected chi connectivity index (χ3v) is 4.11. The molecule has 1 N–H and O–H groups in total. The van der Waals surface area contributed by atoms with Crippen molar-refractivity contribution >= 4 is 17.6 Å². The summed E-state index contributed by atoms with van der Waals surface area (Å²) in [7, 11) is 0. The lowest BCUT2D eigenvalue weighted by molar-refractivity contribution is -0.122. The van der Waals surface area contributed by atoms with Crippen LogP contribution in [-0.4, -0.2) is 23.5 Å². The lowest BCUT2D eigenvalue weighted by Crippen LogP contribution is -2.35. The summed E-state index contributed by atoms with van der Waals surface area (Å²) < 4.78 is 0. The fourth-order valence-electron chi connectivity index (χ4n) is 3.00. The van der Waals surface area contributed by atoms with Crippen LogP contribution in [0.3, 0.4) is 0 Å². The van der Waals surface area contributed by atoms with Crippen LogP contribution in [0.4, 0.5) is 5.69 Å². The molecule has 1 amide bonds. The summed E-state index contributed by atoms with van der Waals surface area (Å²) in [4.78, 5) is 25.4. The molecule has 20 heavy (non-hydrogen) atoms. The van der Waals surface area contributed by atoms with Crippen LogP contribution >= 0.6 is 0 Å². The molecule has 1 unspecified atom stereocenters. The van der Waals surface area contributed by atoms with E-state index in [1.165, 1.54) is 0 Å². The Balaban J connectivity index is 1.83. The molecule has 2 aliphatic rings. The zero-order valence-electron chi connectivity index (χ0n) is 11.2. The Hall–Kier alpha value is -2.10. The van der Waals surface area contributed by atoms with Gasteiger partial charge in [0.2, 0.25) is 5.91 Å². The van der Waals surface area contributed by atoms with Gasteiger partial charge in [0, 0.05) is 18.2 Å². The van der Waals surface area contributed by atoms with Gasteiger partial charge in [0.15, 0.2) is 0 Å². The van der Waals surface area contributed by atoms with E-state index in [0.717, 1.165) is 36.9 Å². The van der Waals surface area contributed by atoms with Crippen molar-refractivity contribution in [2.24, 2.45) is 5.92 Å². The number of hydrogen-bond donors (Lipinski definition) is 1. The number of carboxylic acids is 1. The summed E-state index contributed by atoms with van der Waals surface area (Å²) in [5.74, 6) is -0.670. The average molecular weight is 271 g/mol. The topological polar surface area (TPSA) is 57.6 Å². The maximum absolute atomic E-state index is 12.6. The van der Waals surface area contributed by atoms with E-state index in [-0.39, 0.29) is 11.8 Å². The van der Waals surface area contributed by atoms with E-state index in [9.17, 15) is 9.59 Å². The standard InChI is InChI=1S/C16H17NO3/c18-15(11-4-2-1-3-5-11)17-9-8-12-10-13(16(19)20)6-7-14(12)17/h1-2,6-7,10-11H,3-5,8-9H2,(H,19,20). The monoisotopic (exact) mass is 271 g/mol. The molecule has 1 aromatic rings. The summed E-state index contributed by atoms with van der Waals surface area (Å²) in [5, 5.41) is 9.01. The van der Waals surface area contributed by atoms with Crippen molar-refractivity contribution in [1.29, 1.82) is 0 Å². The summed E-state index contributed by atoms with van der Waals surface area (Å²) in [5.41, 5.74) is 2.14. The number of carboxylic acid groups (broad SMARTS) is 1. The third kappa shape index (κ3) is 2.22. The number of hydrogen-bond acceptors (Lipinski definition) is 2. The van der Waals surface area contributed by atoms with Gasteiger partial charge in [0.25, 0.3) is 0 Å². The number of allylic oxidation sites excluding steroid dienone is 2. The molecule has 0 saturated carbocycles. The van der Waals surface area contributed by atoms with Crippen molar-refractivity contribution in [3.05, 3.63) is 41.5 Å². The number of carbonyl (C=O) groups is 2. The maximum atomic E-state index is 12.6. The van der Waals surface area contributed by atoms with E-state index in [2.05, 4.69) is 12.2 Å². The minimum Gasteiger partial charge on any atom is -0.478 e. The molecule has 0 fully saturated rings. The molecule has 0 spiro atoms. The maximum Gasteiger partial charge on any atom is 0.335 e. The van der Waals surface area contributed by atoms with Gasteiger partial charge in [-0.25, -0.2) is 4.79 Å². The molecule has 0 aromatic heterocycles. The Morgan fingerprint density at radius 2 is 2.10 bits per heavy atom. The molecule has 1 aliphatic heterocycles. The largest absolute Gasteiger partial charge is 0.478 e. The highest BCUT2D eigenvalue weighted by Crippen LogP contribution is 2.32. The van der Waals surface area contributed by atoms with Crippen molar-refractivity contribution in [1.82, 2.24) is 0 Å². The molecule has 0 radical (unpaired) electrons. The van der Waals surface area contributed by atoms with Crippen molar-refractivity contribution in [3.63, 3.8) is 0 Å². The lowest BCUT2D eigenvalue weighted by Gasteiger charge is -2.24. The molecule has 1 aromatic carbocycles. The van der Waals surface area contributed by atoms with Gasteiger partial charge < -0.3 is 10.0 Å². The minimum absolute atomic E-state index is 0.0742. The first kappa shape index (κ1) is 12.9. The van der Waals surface area contributed by atoms with E-state index >= 15 is 0 Å². The lowest BCUT2D eigenvalue weighted by atomic mass is 9.93. The predicted octanol–water partition coefficient (Wildman–Crippen LogP) is 2.63. The molecule has 104 valence electrons. The number of nitrogens with zero attached hydrogens (tertiary/aromatic N) is 1. The highest BCUT2D eigenvalue weighted by Gasteiger charge is 2.30. The first-order valence-corrected chi connectivity index (χ1v) is 6.99. The number of amides is 1. The summed E-state index contributed by atoms with van der Waals surface area (Å²) >= 11 is 0. The van der Waals surface area contributed by atoms with Crippen LogP contribution in [0.1, 0.15) is 35.2 Å². The van der Waals surface area contributed by atoms with E-state index in [1.807, 2.05) is 4.90 Å². The molecule has 0 bridgehead atoms. The van der Waals surface area contributed by atoms with Crippen LogP contribution in [0.5, 0.6) is 0 Å². The van der Waals surface area contributed by atoms with Crippen molar-refractivity contribution in [2.75, 3.05) is 11.4 Å². The Morgan fingerprint density at radius 3 is 2.80 bits per heavy atom. The highest BCUT2D eigenvalue weighted by atomic mass is 16.4. The SMILES string of the molecule is O=C(O)c1ccc2c(c1)CCN2C(=O)C1CC=CCC1. The normalized spacial score (nSPS) is 20.8. The second-order valence-electron chi connectivity index (χ2n) is 5.37. The van der Waals surface area contributed by atoms with Crippen LogP contribution in [0.15, 0.2) is 30.4 Å². The molecule has 4 nitrogen and oxygen atoms in total. The Morgan fingerprint density at radius 1 is 1.25 bits per heavy atom. The quantitative estimate of drug-likeness (QED) is 0.841. The number of fused-ring (bicyclic) bond motifs is 1. The first-order chi connectivity index (χ1) is 9.66. The first-order valence-electron chi connectivity index (χ1n) is 6.99. The number of anilines is 1. The minimum atomic E-state index is -0.921. The molecule has 1 aliphatic carbocycles. The van der Waals surface area contributed by atoms with Gasteiger partial charge in [-0.2, -0.15) is 0 Å². The van der Waals surface area contributed by atoms with Gasteiger partial charge in [-0.1, -0.05) is 12.2 Å². The van der Waals surface area contributed by atoms with Gasteiger partial charge in [0.1, 0.15) is 0 Å². The fourth-order valence-corrected chi connectivity index (χ4v) is 3.00. The fraction of sp³-hybridized carbons (Fsp3) is 0.375. The molecule has 0 saturated heterocycles. The molecule has 3 rings (SSSR count). The Kier molecular flexibility index (Phi) is 3.30. The number of aromatic carboxylic acids is 1. The Labute approximate surface area is 117 Å². The zero-order chi connectivity index (χ0) is 14.1. The summed E-state index contributed by atoms with van der Waals surface area (Å²) in [6.45, 7) is 0.664. The smallest absolute Gasteiger partial charge is 0.335 e. The zero-order valence-corrected chi connectivity index (χ0v) is 11.2. The van der Waals surface area contributed by atoms with Crippen molar-refractivity contribution in [2.45, 2.75) is 25.7 Å². The van der Waals surface area contributed by atoms with Crippen molar-refractivity contribution in [3.8, 4) is 0 Å². The van der Waals surface area contributed by atoms with Crippen LogP contribution in [0.25, 0.3) is 0 Å². The van der Waals surface area contributed by atoms with Crippen LogP contribution in [-0.2, 0) is 11.2 Å². The summed E-state index contributed by atoms with van der Waals surface area (Å²) in [6, 6.07) is 5.03. The van der Waals surface area contributed by atoms with E-state index < -0.39 is 5.97 Å². The predicted molar refractivity (Wildman–Crippen MR) is 75.9 cm³/mol. The molecule has 4 heteroatoms. The number of rotatable bonds is 2. The Bertz CT molecular complexity index is 591. The van der Waals surface area contributed by atoms with Crippen LogP contribution in [0, 0.1) is 5.92 Å². The average Bonchev–Trinajstić information content (AvgIpc) is 2.90. The second-order valence-corrected chi connectivity index (χ2v) is 5.37. The van der Waals surface area contributed by atoms with Crippen LogP contribution < -0.4 is 4.90 Å².